The molecule has 0 spiro atoms. The molecular formula is C13H25N. The van der Waals surface area contributed by atoms with Gasteiger partial charge in [-0.3, -0.25) is 0 Å². The molecule has 0 aliphatic heterocycles. The molecule has 0 aromatic carbocycles. The summed E-state index contributed by atoms with van der Waals surface area (Å²) in [4.78, 5) is 0. The van der Waals surface area contributed by atoms with Gasteiger partial charge in [0.2, 0.25) is 0 Å². The molecule has 1 nitrogen and oxygen atoms in total. The molecule has 82 valence electrons. The fourth-order valence-electron chi connectivity index (χ4n) is 2.63. The van der Waals surface area contributed by atoms with Crippen LogP contribution in [0, 0.1) is 5.41 Å². The first-order chi connectivity index (χ1) is 6.73. The van der Waals surface area contributed by atoms with E-state index in [-0.39, 0.29) is 0 Å². The van der Waals surface area contributed by atoms with E-state index >= 15 is 0 Å². The average molecular weight is 195 g/mol. The Labute approximate surface area is 89.0 Å². The average Bonchev–Trinajstić information content (AvgIpc) is 2.60. The van der Waals surface area contributed by atoms with Gasteiger partial charge in [0.25, 0.3) is 0 Å². The van der Waals surface area contributed by atoms with Gasteiger partial charge in [0, 0.05) is 6.04 Å². The molecule has 1 heteroatoms. The van der Waals surface area contributed by atoms with Crippen molar-refractivity contribution in [3.8, 4) is 0 Å². The van der Waals surface area contributed by atoms with E-state index < -0.39 is 0 Å². The third-order valence-electron chi connectivity index (χ3n) is 3.63. The van der Waals surface area contributed by atoms with E-state index in [2.05, 4.69) is 31.8 Å². The summed E-state index contributed by atoms with van der Waals surface area (Å²) in [6.07, 6.45) is 10.0. The first-order valence-corrected chi connectivity index (χ1v) is 6.07. The predicted molar refractivity (Wildman–Crippen MR) is 63.5 cm³/mol. The summed E-state index contributed by atoms with van der Waals surface area (Å²) in [5.74, 6) is 0. The second-order valence-corrected chi connectivity index (χ2v) is 4.89. The van der Waals surface area contributed by atoms with E-state index in [0.29, 0.717) is 11.5 Å². The summed E-state index contributed by atoms with van der Waals surface area (Å²) in [7, 11) is 0. The molecule has 0 aromatic heterocycles. The molecule has 0 aromatic rings. The molecule has 0 radical (unpaired) electrons. The Morgan fingerprint density at radius 3 is 2.57 bits per heavy atom. The Bertz CT molecular complexity index is 168. The zero-order valence-corrected chi connectivity index (χ0v) is 9.81. The van der Waals surface area contributed by atoms with Crippen LogP contribution in [0.15, 0.2) is 12.7 Å². The molecule has 0 bridgehead atoms. The Hall–Kier alpha value is -0.300. The van der Waals surface area contributed by atoms with E-state index in [4.69, 9.17) is 0 Å². The van der Waals surface area contributed by atoms with Crippen LogP contribution in [-0.2, 0) is 0 Å². The molecule has 0 saturated heterocycles. The zero-order chi connectivity index (χ0) is 10.4. The van der Waals surface area contributed by atoms with E-state index in [9.17, 15) is 0 Å². The fraction of sp³-hybridized carbons (Fsp3) is 0.846. The maximum atomic E-state index is 3.87. The van der Waals surface area contributed by atoms with Crippen LogP contribution in [0.5, 0.6) is 0 Å². The molecule has 1 N–H and O–H groups in total. The number of nitrogens with one attached hydrogen (secondary N) is 1. The van der Waals surface area contributed by atoms with Crippen LogP contribution < -0.4 is 5.32 Å². The highest BCUT2D eigenvalue weighted by Gasteiger charge is 2.35. The van der Waals surface area contributed by atoms with E-state index in [1.165, 1.54) is 32.1 Å². The number of hydrogen-bond acceptors (Lipinski definition) is 1. The first kappa shape index (κ1) is 11.8. The van der Waals surface area contributed by atoms with Gasteiger partial charge in [0.1, 0.15) is 0 Å². The van der Waals surface area contributed by atoms with Crippen molar-refractivity contribution in [1.82, 2.24) is 5.32 Å². The minimum absolute atomic E-state index is 0.531. The Morgan fingerprint density at radius 1 is 1.43 bits per heavy atom. The van der Waals surface area contributed by atoms with Gasteiger partial charge in [-0.1, -0.05) is 32.8 Å². The monoisotopic (exact) mass is 195 g/mol. The summed E-state index contributed by atoms with van der Waals surface area (Å²) in [6, 6.07) is 0.655. The third-order valence-corrected chi connectivity index (χ3v) is 3.63. The lowest BCUT2D eigenvalue weighted by atomic mass is 9.79. The summed E-state index contributed by atoms with van der Waals surface area (Å²) < 4.78 is 0. The van der Waals surface area contributed by atoms with Crippen molar-refractivity contribution in [3.63, 3.8) is 0 Å². The van der Waals surface area contributed by atoms with Crippen LogP contribution in [0.4, 0.5) is 0 Å². The van der Waals surface area contributed by atoms with Crippen LogP contribution in [-0.4, -0.2) is 12.6 Å². The van der Waals surface area contributed by atoms with Gasteiger partial charge in [0.05, 0.1) is 0 Å². The second-order valence-electron chi connectivity index (χ2n) is 4.89. The molecular weight excluding hydrogens is 170 g/mol. The Kier molecular flexibility index (Phi) is 4.67. The fourth-order valence-corrected chi connectivity index (χ4v) is 2.63. The molecule has 0 amide bonds. The Morgan fingerprint density at radius 2 is 2.07 bits per heavy atom. The van der Waals surface area contributed by atoms with Crippen molar-refractivity contribution < 1.29 is 0 Å². The van der Waals surface area contributed by atoms with Crippen LogP contribution in [0.1, 0.15) is 52.4 Å². The van der Waals surface area contributed by atoms with Gasteiger partial charge in [-0.15, -0.1) is 6.58 Å². The molecule has 14 heavy (non-hydrogen) atoms. The van der Waals surface area contributed by atoms with Crippen LogP contribution >= 0.6 is 0 Å². The smallest absolute Gasteiger partial charge is 0.0155 e. The molecule has 1 aliphatic carbocycles. The molecule has 0 heterocycles. The van der Waals surface area contributed by atoms with Crippen molar-refractivity contribution in [2.45, 2.75) is 58.4 Å². The second kappa shape index (κ2) is 5.55. The van der Waals surface area contributed by atoms with Crippen molar-refractivity contribution in [3.05, 3.63) is 12.7 Å². The van der Waals surface area contributed by atoms with E-state index in [0.717, 1.165) is 13.0 Å². The van der Waals surface area contributed by atoms with Gasteiger partial charge in [-0.25, -0.2) is 0 Å². The normalized spacial score (nSPS) is 22.1. The molecule has 1 saturated carbocycles. The molecule has 1 aliphatic rings. The summed E-state index contributed by atoms with van der Waals surface area (Å²) in [6.45, 7) is 9.69. The maximum Gasteiger partial charge on any atom is 0.0155 e. The summed E-state index contributed by atoms with van der Waals surface area (Å²) >= 11 is 0. The van der Waals surface area contributed by atoms with E-state index in [1.807, 2.05) is 0 Å². The summed E-state index contributed by atoms with van der Waals surface area (Å²) in [5, 5.41) is 3.68. The quantitative estimate of drug-likeness (QED) is 0.640. The molecule has 1 fully saturated rings. The van der Waals surface area contributed by atoms with Crippen LogP contribution in [0.2, 0.25) is 0 Å². The number of hydrogen-bond donors (Lipinski definition) is 1. The zero-order valence-electron chi connectivity index (χ0n) is 9.81. The highest BCUT2D eigenvalue weighted by atomic mass is 14.9. The Balaban J connectivity index is 2.50. The molecule has 1 atom stereocenters. The largest absolute Gasteiger partial charge is 0.313 e. The minimum atomic E-state index is 0.531. The van der Waals surface area contributed by atoms with Gasteiger partial charge < -0.3 is 5.32 Å². The minimum Gasteiger partial charge on any atom is -0.313 e. The van der Waals surface area contributed by atoms with Gasteiger partial charge in [0.15, 0.2) is 0 Å². The topological polar surface area (TPSA) is 12.0 Å². The number of rotatable bonds is 6. The van der Waals surface area contributed by atoms with Crippen LogP contribution in [0.25, 0.3) is 0 Å². The van der Waals surface area contributed by atoms with Crippen molar-refractivity contribution in [2.75, 3.05) is 6.54 Å². The van der Waals surface area contributed by atoms with Crippen molar-refractivity contribution in [2.24, 2.45) is 5.41 Å². The van der Waals surface area contributed by atoms with Gasteiger partial charge in [-0.05, 0) is 37.6 Å². The van der Waals surface area contributed by atoms with Gasteiger partial charge >= 0.3 is 0 Å². The third kappa shape index (κ3) is 2.84. The lowest BCUT2D eigenvalue weighted by Crippen LogP contribution is -2.42. The molecule has 1 unspecified atom stereocenters. The summed E-state index contributed by atoms with van der Waals surface area (Å²) in [5.41, 5.74) is 0.531. The molecule has 1 rings (SSSR count). The SMILES string of the molecule is C=CCC(NCCC)C1(C)CCCC1. The van der Waals surface area contributed by atoms with Gasteiger partial charge in [-0.2, -0.15) is 0 Å². The lowest BCUT2D eigenvalue weighted by Gasteiger charge is -2.34. The first-order valence-electron chi connectivity index (χ1n) is 6.07. The maximum absolute atomic E-state index is 3.87. The van der Waals surface area contributed by atoms with E-state index in [1.54, 1.807) is 0 Å². The predicted octanol–water partition coefficient (Wildman–Crippen LogP) is 3.51. The van der Waals surface area contributed by atoms with Crippen molar-refractivity contribution >= 4 is 0 Å². The lowest BCUT2D eigenvalue weighted by molar-refractivity contribution is 0.222. The highest BCUT2D eigenvalue weighted by molar-refractivity contribution is 4.94. The standard InChI is InChI=1S/C13H25N/c1-4-8-12(14-11-5-2)13(3)9-6-7-10-13/h4,12,14H,1,5-11H2,2-3H3. The van der Waals surface area contributed by atoms with Crippen molar-refractivity contribution in [1.29, 1.82) is 0 Å². The van der Waals surface area contributed by atoms with Crippen LogP contribution in [0.3, 0.4) is 0 Å². The highest BCUT2D eigenvalue weighted by Crippen LogP contribution is 2.41.